The lowest BCUT2D eigenvalue weighted by atomic mass is 10.2. The first-order valence-corrected chi connectivity index (χ1v) is 12.4. The maximum absolute atomic E-state index is 13.5. The van der Waals surface area contributed by atoms with E-state index >= 15 is 0 Å². The summed E-state index contributed by atoms with van der Waals surface area (Å²) in [6.07, 6.45) is 0. The first-order chi connectivity index (χ1) is 15.1. The van der Waals surface area contributed by atoms with Gasteiger partial charge in [-0.1, -0.05) is 0 Å². The van der Waals surface area contributed by atoms with E-state index in [1.807, 2.05) is 30.3 Å². The van der Waals surface area contributed by atoms with Crippen molar-refractivity contribution in [3.05, 3.63) is 42.5 Å². The van der Waals surface area contributed by atoms with Crippen LogP contribution in [0.15, 0.2) is 47.4 Å². The molecule has 3 aliphatic rings. The van der Waals surface area contributed by atoms with Crippen molar-refractivity contribution in [2.24, 2.45) is 0 Å². The summed E-state index contributed by atoms with van der Waals surface area (Å²) in [4.78, 5) is 4.86. The second-order valence-electron chi connectivity index (χ2n) is 8.05. The van der Waals surface area contributed by atoms with Crippen LogP contribution in [0.25, 0.3) is 0 Å². The number of sulfonamides is 1. The molecule has 3 aliphatic heterocycles. The molecule has 3 heterocycles. The zero-order chi connectivity index (χ0) is 21.3. The van der Waals surface area contributed by atoms with Crippen molar-refractivity contribution in [1.29, 1.82) is 0 Å². The Balaban J connectivity index is 1.43. The molecule has 31 heavy (non-hydrogen) atoms. The minimum atomic E-state index is -3.68. The van der Waals surface area contributed by atoms with Crippen LogP contribution in [-0.4, -0.2) is 73.9 Å². The summed E-state index contributed by atoms with van der Waals surface area (Å²) in [6, 6.07) is 13.1. The summed E-state index contributed by atoms with van der Waals surface area (Å²) in [7, 11) is -3.68. The molecule has 0 spiro atoms. The van der Waals surface area contributed by atoms with Crippen LogP contribution in [0.4, 0.5) is 17.1 Å². The van der Waals surface area contributed by atoms with E-state index in [1.165, 1.54) is 4.31 Å². The van der Waals surface area contributed by atoms with Crippen LogP contribution < -0.4 is 29.5 Å². The Labute approximate surface area is 183 Å². The number of nitrogens with zero attached hydrogens (tertiary/aromatic N) is 3. The topological polar surface area (TPSA) is 77.2 Å². The van der Waals surface area contributed by atoms with Gasteiger partial charge in [-0.05, 0) is 42.5 Å². The van der Waals surface area contributed by atoms with Gasteiger partial charge in [-0.15, -0.1) is 0 Å². The third kappa shape index (κ3) is 4.05. The molecular weight excluding hydrogens is 414 g/mol. The average Bonchev–Trinajstić information content (AvgIpc) is 2.84. The lowest BCUT2D eigenvalue weighted by Gasteiger charge is -2.34. The van der Waals surface area contributed by atoms with Gasteiger partial charge in [-0.2, -0.15) is 0 Å². The van der Waals surface area contributed by atoms with E-state index < -0.39 is 10.0 Å². The molecule has 2 N–H and O–H groups in total. The number of benzene rings is 2. The fourth-order valence-corrected chi connectivity index (χ4v) is 5.88. The number of anilines is 3. The normalized spacial score (nSPS) is 19.7. The molecule has 0 unspecified atom stereocenters. The summed E-state index contributed by atoms with van der Waals surface area (Å²) in [5.41, 5.74) is 2.71. The van der Waals surface area contributed by atoms with Crippen molar-refractivity contribution in [1.82, 2.24) is 10.6 Å². The number of hydrogen-bond acceptors (Lipinski definition) is 7. The molecule has 2 saturated heterocycles. The molecule has 0 bridgehead atoms. The fraction of sp³-hybridized carbons (Fsp3) is 0.455. The highest BCUT2D eigenvalue weighted by Crippen LogP contribution is 2.38. The summed E-state index contributed by atoms with van der Waals surface area (Å²) >= 11 is 0. The van der Waals surface area contributed by atoms with Crippen LogP contribution in [0.1, 0.15) is 0 Å². The second-order valence-corrected chi connectivity index (χ2v) is 9.91. The van der Waals surface area contributed by atoms with Crippen molar-refractivity contribution >= 4 is 27.1 Å². The average molecular weight is 444 g/mol. The van der Waals surface area contributed by atoms with Crippen molar-refractivity contribution in [2.45, 2.75) is 4.90 Å². The highest BCUT2D eigenvalue weighted by atomic mass is 32.2. The minimum Gasteiger partial charge on any atom is -0.489 e. The van der Waals surface area contributed by atoms with Gasteiger partial charge in [0.1, 0.15) is 12.4 Å². The quantitative estimate of drug-likeness (QED) is 0.733. The Morgan fingerprint density at radius 1 is 0.742 bits per heavy atom. The number of hydrogen-bond donors (Lipinski definition) is 2. The highest BCUT2D eigenvalue weighted by Gasteiger charge is 2.31. The third-order valence-corrected chi connectivity index (χ3v) is 7.98. The monoisotopic (exact) mass is 443 g/mol. The van der Waals surface area contributed by atoms with Crippen molar-refractivity contribution < 1.29 is 13.2 Å². The summed E-state index contributed by atoms with van der Waals surface area (Å²) < 4.78 is 34.4. The Morgan fingerprint density at radius 3 is 1.97 bits per heavy atom. The maximum Gasteiger partial charge on any atom is 0.264 e. The van der Waals surface area contributed by atoms with Gasteiger partial charge >= 0.3 is 0 Å². The van der Waals surface area contributed by atoms with E-state index in [9.17, 15) is 8.42 Å². The molecule has 0 aliphatic carbocycles. The first-order valence-electron chi connectivity index (χ1n) is 10.9. The van der Waals surface area contributed by atoms with E-state index in [1.54, 1.807) is 12.1 Å². The first kappa shape index (κ1) is 20.4. The molecule has 2 aromatic rings. The van der Waals surface area contributed by atoms with Gasteiger partial charge in [0.25, 0.3) is 10.0 Å². The van der Waals surface area contributed by atoms with E-state index in [0.717, 1.165) is 63.7 Å². The number of ether oxygens (including phenoxy) is 1. The molecule has 0 radical (unpaired) electrons. The van der Waals surface area contributed by atoms with Crippen LogP contribution in [0, 0.1) is 0 Å². The van der Waals surface area contributed by atoms with Gasteiger partial charge in [0, 0.05) is 63.7 Å². The fourth-order valence-electron chi connectivity index (χ4n) is 4.43. The standard InChI is InChI=1S/C22H29N5O3S/c28-31(29,20-4-1-18(2-5-20)25-11-7-23-8-12-25)27-15-16-30-22-6-3-19(17-21(22)27)26-13-9-24-10-14-26/h1-6,17,23-24H,7-16H2. The molecular formula is C22H29N5O3S. The zero-order valence-electron chi connectivity index (χ0n) is 17.6. The van der Waals surface area contributed by atoms with Gasteiger partial charge in [0.15, 0.2) is 0 Å². The lowest BCUT2D eigenvalue weighted by molar-refractivity contribution is 0.316. The highest BCUT2D eigenvalue weighted by molar-refractivity contribution is 7.92. The number of nitrogens with one attached hydrogen (secondary N) is 2. The van der Waals surface area contributed by atoms with Crippen molar-refractivity contribution in [2.75, 3.05) is 79.6 Å². The Morgan fingerprint density at radius 2 is 1.32 bits per heavy atom. The van der Waals surface area contributed by atoms with Crippen LogP contribution in [0.3, 0.4) is 0 Å². The van der Waals surface area contributed by atoms with Crippen LogP contribution in [0.2, 0.25) is 0 Å². The molecule has 0 aromatic heterocycles. The third-order valence-electron chi connectivity index (χ3n) is 6.15. The Bertz CT molecular complexity index is 1020. The van der Waals surface area contributed by atoms with Gasteiger partial charge < -0.3 is 25.2 Å². The number of rotatable bonds is 4. The predicted octanol–water partition coefficient (Wildman–Crippen LogP) is 1.09. The molecule has 0 saturated carbocycles. The summed E-state index contributed by atoms with van der Waals surface area (Å²) in [6.45, 7) is 8.05. The van der Waals surface area contributed by atoms with Gasteiger partial charge in [0.2, 0.25) is 0 Å². The molecule has 5 rings (SSSR count). The molecule has 2 aromatic carbocycles. The van der Waals surface area contributed by atoms with Crippen LogP contribution in [0.5, 0.6) is 5.75 Å². The Kier molecular flexibility index (Phi) is 5.64. The molecule has 8 nitrogen and oxygen atoms in total. The van der Waals surface area contributed by atoms with Gasteiger partial charge in [-0.25, -0.2) is 8.42 Å². The Hall–Kier alpha value is -2.49. The smallest absolute Gasteiger partial charge is 0.264 e. The van der Waals surface area contributed by atoms with E-state index in [-0.39, 0.29) is 0 Å². The van der Waals surface area contributed by atoms with Gasteiger partial charge in [-0.3, -0.25) is 4.31 Å². The maximum atomic E-state index is 13.5. The SMILES string of the molecule is O=S(=O)(c1ccc(N2CCNCC2)cc1)N1CCOc2ccc(N3CCNCC3)cc21. The molecule has 2 fully saturated rings. The number of fused-ring (bicyclic) bond motifs is 1. The summed E-state index contributed by atoms with van der Waals surface area (Å²) in [5.74, 6) is 0.617. The molecule has 0 atom stereocenters. The predicted molar refractivity (Wildman–Crippen MR) is 123 cm³/mol. The van der Waals surface area contributed by atoms with Crippen LogP contribution in [-0.2, 0) is 10.0 Å². The van der Waals surface area contributed by atoms with Crippen molar-refractivity contribution in [3.8, 4) is 5.75 Å². The number of piperazine rings is 2. The van der Waals surface area contributed by atoms with Gasteiger partial charge in [0.05, 0.1) is 17.1 Å². The molecule has 9 heteroatoms. The molecule has 0 amide bonds. The van der Waals surface area contributed by atoms with E-state index in [4.69, 9.17) is 4.74 Å². The van der Waals surface area contributed by atoms with E-state index in [2.05, 4.69) is 20.4 Å². The largest absolute Gasteiger partial charge is 0.489 e. The molecule has 166 valence electrons. The second kappa shape index (κ2) is 8.57. The zero-order valence-corrected chi connectivity index (χ0v) is 18.4. The van der Waals surface area contributed by atoms with Crippen LogP contribution >= 0.6 is 0 Å². The lowest BCUT2D eigenvalue weighted by Crippen LogP contribution is -2.44. The minimum absolute atomic E-state index is 0.305. The van der Waals surface area contributed by atoms with E-state index in [0.29, 0.717) is 29.5 Å². The summed E-state index contributed by atoms with van der Waals surface area (Å²) in [5, 5.41) is 6.69. The van der Waals surface area contributed by atoms with Crippen molar-refractivity contribution in [3.63, 3.8) is 0 Å².